The molecule has 4 aromatic carbocycles. The van der Waals surface area contributed by atoms with Gasteiger partial charge in [-0.1, -0.05) is 103 Å². The van der Waals surface area contributed by atoms with Crippen molar-refractivity contribution in [1.82, 2.24) is 10.2 Å². The molecule has 0 spiro atoms. The Bertz CT molecular complexity index is 1340. The number of hydrogen-bond acceptors (Lipinski definition) is 3. The largest absolute Gasteiger partial charge is 0.496 e. The number of carbonyl (C=O) groups excluding carboxylic acids is 2. The van der Waals surface area contributed by atoms with E-state index < -0.39 is 0 Å². The van der Waals surface area contributed by atoms with E-state index in [1.165, 1.54) is 5.56 Å². The molecule has 1 N–H and O–H groups in total. The molecular weight excluding hydrogens is 484 g/mol. The SMILES string of the molecule is COc1ccccc1C(=O)NCC1(c2ccccc2)CCN(C(=O)C(c2ccccc2)c2ccccc2)CC1. The molecule has 1 fully saturated rings. The number of benzene rings is 4. The van der Waals surface area contributed by atoms with E-state index in [0.29, 0.717) is 30.9 Å². The molecule has 0 aromatic heterocycles. The molecule has 0 atom stereocenters. The van der Waals surface area contributed by atoms with Gasteiger partial charge in [-0.2, -0.15) is 0 Å². The molecule has 5 nitrogen and oxygen atoms in total. The van der Waals surface area contributed by atoms with Crippen molar-refractivity contribution in [2.75, 3.05) is 26.7 Å². The Morgan fingerprint density at radius 3 is 1.85 bits per heavy atom. The first-order valence-electron chi connectivity index (χ1n) is 13.5. The lowest BCUT2D eigenvalue weighted by atomic mass is 9.72. The third-order valence-electron chi connectivity index (χ3n) is 7.87. The third kappa shape index (κ3) is 5.73. The highest BCUT2D eigenvalue weighted by atomic mass is 16.5. The molecule has 0 saturated carbocycles. The maximum Gasteiger partial charge on any atom is 0.255 e. The van der Waals surface area contributed by atoms with Gasteiger partial charge in [-0.15, -0.1) is 0 Å². The standard InChI is InChI=1S/C34H34N2O3/c1-39-30-20-12-11-19-29(30)32(37)35-25-34(28-17-9-4-10-18-28)21-23-36(24-22-34)33(38)31(26-13-5-2-6-14-26)27-15-7-3-8-16-27/h2-20,31H,21-25H2,1H3,(H,35,37). The summed E-state index contributed by atoms with van der Waals surface area (Å²) in [6.45, 7) is 1.72. The van der Waals surface area contributed by atoms with Gasteiger partial charge in [0.15, 0.2) is 0 Å². The number of para-hydroxylation sites is 1. The van der Waals surface area contributed by atoms with Crippen molar-refractivity contribution in [2.24, 2.45) is 0 Å². The molecule has 1 aliphatic heterocycles. The van der Waals surface area contributed by atoms with Crippen LogP contribution in [0.4, 0.5) is 0 Å². The number of carbonyl (C=O) groups is 2. The van der Waals surface area contributed by atoms with Crippen LogP contribution >= 0.6 is 0 Å². The van der Waals surface area contributed by atoms with E-state index in [4.69, 9.17) is 4.74 Å². The fourth-order valence-corrected chi connectivity index (χ4v) is 5.64. The summed E-state index contributed by atoms with van der Waals surface area (Å²) in [5, 5.41) is 3.18. The third-order valence-corrected chi connectivity index (χ3v) is 7.87. The molecule has 1 saturated heterocycles. The number of rotatable bonds is 8. The summed E-state index contributed by atoms with van der Waals surface area (Å²) >= 11 is 0. The van der Waals surface area contributed by atoms with Crippen molar-refractivity contribution in [3.8, 4) is 5.75 Å². The van der Waals surface area contributed by atoms with Gasteiger partial charge in [0.2, 0.25) is 5.91 Å². The summed E-state index contributed by atoms with van der Waals surface area (Å²) in [5.74, 6) is 0.167. The van der Waals surface area contributed by atoms with Crippen molar-refractivity contribution in [3.05, 3.63) is 138 Å². The van der Waals surface area contributed by atoms with Crippen molar-refractivity contribution in [3.63, 3.8) is 0 Å². The van der Waals surface area contributed by atoms with Crippen LogP contribution in [0.2, 0.25) is 0 Å². The van der Waals surface area contributed by atoms with E-state index in [1.54, 1.807) is 19.2 Å². The predicted octanol–water partition coefficient (Wildman–Crippen LogP) is 5.82. The van der Waals surface area contributed by atoms with Crippen LogP contribution in [0.3, 0.4) is 0 Å². The second-order valence-electron chi connectivity index (χ2n) is 10.1. The van der Waals surface area contributed by atoms with Crippen LogP contribution in [0.25, 0.3) is 0 Å². The molecule has 5 heteroatoms. The van der Waals surface area contributed by atoms with E-state index in [9.17, 15) is 9.59 Å². The van der Waals surface area contributed by atoms with Crippen LogP contribution in [0, 0.1) is 0 Å². The Morgan fingerprint density at radius 2 is 1.28 bits per heavy atom. The number of hydrogen-bond donors (Lipinski definition) is 1. The van der Waals surface area contributed by atoms with Gasteiger partial charge in [0.1, 0.15) is 5.75 Å². The fourth-order valence-electron chi connectivity index (χ4n) is 5.64. The molecule has 1 heterocycles. The van der Waals surface area contributed by atoms with Gasteiger partial charge < -0.3 is 15.0 Å². The molecule has 198 valence electrons. The number of nitrogens with one attached hydrogen (secondary N) is 1. The summed E-state index contributed by atoms with van der Waals surface area (Å²) in [7, 11) is 1.57. The first-order valence-corrected chi connectivity index (χ1v) is 13.5. The number of nitrogens with zero attached hydrogens (tertiary/aromatic N) is 1. The molecule has 0 radical (unpaired) electrons. The average molecular weight is 519 g/mol. The highest BCUT2D eigenvalue weighted by Crippen LogP contribution is 2.37. The second-order valence-corrected chi connectivity index (χ2v) is 10.1. The molecule has 39 heavy (non-hydrogen) atoms. The minimum absolute atomic E-state index is 0.118. The van der Waals surface area contributed by atoms with E-state index in [1.807, 2.05) is 95.9 Å². The Hall–Kier alpha value is -4.38. The zero-order valence-electron chi connectivity index (χ0n) is 22.3. The van der Waals surface area contributed by atoms with Crippen LogP contribution in [0.15, 0.2) is 115 Å². The van der Waals surface area contributed by atoms with E-state index in [2.05, 4.69) is 17.4 Å². The van der Waals surface area contributed by atoms with Gasteiger partial charge in [-0.3, -0.25) is 9.59 Å². The smallest absolute Gasteiger partial charge is 0.255 e. The summed E-state index contributed by atoms with van der Waals surface area (Å²) in [5.41, 5.74) is 3.42. The number of piperidine rings is 1. The summed E-state index contributed by atoms with van der Waals surface area (Å²) in [6, 6.07) is 37.6. The van der Waals surface area contributed by atoms with Gasteiger partial charge in [0.25, 0.3) is 5.91 Å². The maximum atomic E-state index is 14.0. The molecule has 0 aliphatic carbocycles. The van der Waals surface area contributed by atoms with Crippen molar-refractivity contribution < 1.29 is 14.3 Å². The average Bonchev–Trinajstić information content (AvgIpc) is 3.01. The molecule has 0 bridgehead atoms. The van der Waals surface area contributed by atoms with Gasteiger partial charge in [-0.05, 0) is 41.7 Å². The summed E-state index contributed by atoms with van der Waals surface area (Å²) < 4.78 is 5.40. The minimum Gasteiger partial charge on any atom is -0.496 e. The summed E-state index contributed by atoms with van der Waals surface area (Å²) in [4.78, 5) is 29.2. The maximum absolute atomic E-state index is 14.0. The van der Waals surface area contributed by atoms with Gasteiger partial charge in [-0.25, -0.2) is 0 Å². The lowest BCUT2D eigenvalue weighted by Crippen LogP contribution is -2.51. The quantitative estimate of drug-likeness (QED) is 0.320. The summed E-state index contributed by atoms with van der Waals surface area (Å²) in [6.07, 6.45) is 1.51. The number of methoxy groups -OCH3 is 1. The molecule has 2 amide bonds. The van der Waals surface area contributed by atoms with E-state index in [-0.39, 0.29) is 23.1 Å². The topological polar surface area (TPSA) is 58.6 Å². The van der Waals surface area contributed by atoms with Gasteiger partial charge >= 0.3 is 0 Å². The molecule has 4 aromatic rings. The highest BCUT2D eigenvalue weighted by Gasteiger charge is 2.39. The zero-order valence-corrected chi connectivity index (χ0v) is 22.3. The molecule has 0 unspecified atom stereocenters. The number of ether oxygens (including phenoxy) is 1. The van der Waals surface area contributed by atoms with Crippen LogP contribution in [0.1, 0.15) is 45.8 Å². The van der Waals surface area contributed by atoms with Crippen molar-refractivity contribution in [1.29, 1.82) is 0 Å². The number of amides is 2. The molecular formula is C34H34N2O3. The first kappa shape index (κ1) is 26.2. The van der Waals surface area contributed by atoms with Crippen molar-refractivity contribution in [2.45, 2.75) is 24.2 Å². The normalized spacial score (nSPS) is 14.6. The van der Waals surface area contributed by atoms with Crippen LogP contribution in [-0.4, -0.2) is 43.5 Å². The van der Waals surface area contributed by atoms with Crippen LogP contribution in [0.5, 0.6) is 5.75 Å². The Balaban J connectivity index is 1.36. The Kier molecular flexibility index (Phi) is 8.07. The lowest BCUT2D eigenvalue weighted by molar-refractivity contribution is -0.133. The van der Waals surface area contributed by atoms with Crippen LogP contribution < -0.4 is 10.1 Å². The molecule has 5 rings (SSSR count). The Morgan fingerprint density at radius 1 is 0.769 bits per heavy atom. The Labute approximate surface area is 230 Å². The zero-order chi connectivity index (χ0) is 27.1. The first-order chi connectivity index (χ1) is 19.1. The number of likely N-dealkylation sites (tertiary alicyclic amines) is 1. The van der Waals surface area contributed by atoms with Gasteiger partial charge in [0, 0.05) is 25.0 Å². The predicted molar refractivity (Wildman–Crippen MR) is 154 cm³/mol. The minimum atomic E-state index is -0.345. The fraction of sp³-hybridized carbons (Fsp3) is 0.235. The highest BCUT2D eigenvalue weighted by molar-refractivity contribution is 5.97. The van der Waals surface area contributed by atoms with Crippen LogP contribution in [-0.2, 0) is 10.2 Å². The van der Waals surface area contributed by atoms with Gasteiger partial charge in [0.05, 0.1) is 18.6 Å². The monoisotopic (exact) mass is 518 g/mol. The van der Waals surface area contributed by atoms with E-state index in [0.717, 1.165) is 24.0 Å². The van der Waals surface area contributed by atoms with Crippen molar-refractivity contribution >= 4 is 11.8 Å². The molecule has 1 aliphatic rings. The van der Waals surface area contributed by atoms with E-state index >= 15 is 0 Å². The lowest BCUT2D eigenvalue weighted by Gasteiger charge is -2.43. The second kappa shape index (κ2) is 12.0.